The second-order valence-electron chi connectivity index (χ2n) is 10.4. The molecule has 2 heterocycles. The predicted molar refractivity (Wildman–Crippen MR) is 190 cm³/mol. The molecule has 3 N–H and O–H groups in total. The average Bonchev–Trinajstić information content (AvgIpc) is 3.62. The van der Waals surface area contributed by atoms with E-state index < -0.39 is 7.15 Å². The van der Waals surface area contributed by atoms with Crippen molar-refractivity contribution in [1.82, 2.24) is 19.6 Å². The Bertz CT molecular complexity index is 1450. The van der Waals surface area contributed by atoms with Gasteiger partial charge in [0.25, 0.3) is 0 Å². The number of nitrogens with zero attached hydrogens (tertiary/aromatic N) is 6. The maximum absolute atomic E-state index is 9.96. The van der Waals surface area contributed by atoms with E-state index in [0.29, 0.717) is 12.4 Å². The summed E-state index contributed by atoms with van der Waals surface area (Å²) < 4.78 is 18.9. The van der Waals surface area contributed by atoms with Crippen LogP contribution in [0.2, 0.25) is 0 Å². The first-order valence-electron chi connectivity index (χ1n) is 15.3. The summed E-state index contributed by atoms with van der Waals surface area (Å²) in [6, 6.07) is 7.43. The molecule has 46 heavy (non-hydrogen) atoms. The van der Waals surface area contributed by atoms with Gasteiger partial charge < -0.3 is 15.3 Å². The monoisotopic (exact) mass is 659 g/mol. The van der Waals surface area contributed by atoms with Gasteiger partial charge in [0.05, 0.1) is 39.9 Å². The summed E-state index contributed by atoms with van der Waals surface area (Å²) in [5.74, 6) is 1.05. The van der Waals surface area contributed by atoms with Crippen molar-refractivity contribution < 1.29 is 21.1 Å². The van der Waals surface area contributed by atoms with Crippen LogP contribution in [0.25, 0.3) is 0 Å². The lowest BCUT2D eigenvalue weighted by molar-refractivity contribution is 0.281. The molecule has 0 unspecified atom stereocenters. The standard InChI is InChI=1S/C14H17N3O.C13H15N3O.C6H13ClO.CH3F.CH4/c1-10-4-12(9-18)5-11(2)14(10)7-15-13-6-16-17(3)8-13;1-9-4-12(17)5-10(2)13(9)7-14-11-6-15-16(3)8-11;7-5-3-1-2-4-6-8;1-2;/h4-8,18H,9H2,1-3H3;4-8,17H,1-3H3;8H,1-6H2;1H3;1H4/i;;;1D;. The Morgan fingerprint density at radius 3 is 1.57 bits per heavy atom. The lowest BCUT2D eigenvalue weighted by Crippen LogP contribution is -1.95. The first kappa shape index (κ1) is 40.2. The molecule has 2 aromatic heterocycles. The number of hydrogen-bond acceptors (Lipinski definition) is 7. The van der Waals surface area contributed by atoms with Crippen molar-refractivity contribution in [2.45, 2.75) is 67.4 Å². The lowest BCUT2D eigenvalue weighted by atomic mass is 10.0. The minimum absolute atomic E-state index is 0. The maximum Gasteiger partial charge on any atom is 0.116 e. The second-order valence-corrected chi connectivity index (χ2v) is 10.8. The number of aromatic hydroxyl groups is 1. The number of aromatic nitrogens is 4. The molecule has 0 amide bonds. The van der Waals surface area contributed by atoms with Crippen molar-refractivity contribution >= 4 is 35.4 Å². The number of aliphatic imine (C=N–C) groups is 2. The minimum Gasteiger partial charge on any atom is -0.508 e. The Balaban J connectivity index is 0.000000681. The summed E-state index contributed by atoms with van der Waals surface area (Å²) in [5, 5.41) is 35.0. The lowest BCUT2D eigenvalue weighted by Gasteiger charge is -2.07. The van der Waals surface area contributed by atoms with Crippen LogP contribution in [0.3, 0.4) is 0 Å². The van der Waals surface area contributed by atoms with E-state index in [9.17, 15) is 9.50 Å². The van der Waals surface area contributed by atoms with E-state index in [0.717, 1.165) is 81.9 Å². The van der Waals surface area contributed by atoms with E-state index in [1.54, 1.807) is 40.1 Å². The zero-order valence-electron chi connectivity index (χ0n) is 28.2. The van der Waals surface area contributed by atoms with Gasteiger partial charge in [-0.25, -0.2) is 0 Å². The highest BCUT2D eigenvalue weighted by atomic mass is 35.5. The largest absolute Gasteiger partial charge is 0.508 e. The average molecular weight is 660 g/mol. The van der Waals surface area contributed by atoms with Gasteiger partial charge in [-0.3, -0.25) is 23.7 Å². The van der Waals surface area contributed by atoms with Crippen molar-refractivity contribution in [2.24, 2.45) is 24.1 Å². The molecule has 0 bridgehead atoms. The van der Waals surface area contributed by atoms with Gasteiger partial charge in [0.15, 0.2) is 0 Å². The minimum atomic E-state index is -1.00. The SMILES string of the molecule is C.Cc1cc(CO)cc(C)c1C=Nc1cnn(C)c1.Cc1cc(O)cc(C)c1C=Nc1cnn(C)c1.OCCCCCCCl.[2H]CF. The van der Waals surface area contributed by atoms with E-state index >= 15 is 0 Å². The predicted octanol–water partition coefficient (Wildman–Crippen LogP) is 7.77. The van der Waals surface area contributed by atoms with Gasteiger partial charge in [-0.2, -0.15) is 10.2 Å². The topological polar surface area (TPSA) is 121 Å². The molecule has 0 aliphatic heterocycles. The molecule has 0 aliphatic rings. The third kappa shape index (κ3) is 15.4. The molecule has 0 atom stereocenters. The van der Waals surface area contributed by atoms with Crippen LogP contribution in [0.1, 0.15) is 73.4 Å². The molecule has 254 valence electrons. The third-order valence-electron chi connectivity index (χ3n) is 6.52. The molecule has 11 heteroatoms. The number of aliphatic hydroxyl groups is 2. The molecular weight excluding hydrogens is 607 g/mol. The molecule has 0 radical (unpaired) electrons. The van der Waals surface area contributed by atoms with Gasteiger partial charge in [0, 0.05) is 39.0 Å². The molecule has 0 aliphatic carbocycles. The van der Waals surface area contributed by atoms with E-state index in [2.05, 4.69) is 20.2 Å². The number of aliphatic hydroxyl groups excluding tert-OH is 2. The first-order chi connectivity index (χ1) is 22.0. The fourth-order valence-corrected chi connectivity index (χ4v) is 4.49. The Morgan fingerprint density at radius 1 is 0.804 bits per heavy atom. The van der Waals surface area contributed by atoms with Crippen LogP contribution in [0.4, 0.5) is 15.8 Å². The highest BCUT2D eigenvalue weighted by Crippen LogP contribution is 2.20. The van der Waals surface area contributed by atoms with Gasteiger partial charge in [-0.1, -0.05) is 32.4 Å². The Morgan fingerprint density at radius 2 is 1.22 bits per heavy atom. The highest BCUT2D eigenvalue weighted by molar-refractivity contribution is 6.17. The number of phenolic OH excluding ortho intramolecular Hbond substituents is 1. The molecule has 0 saturated heterocycles. The molecule has 0 fully saturated rings. The zero-order chi connectivity index (χ0) is 34.5. The van der Waals surface area contributed by atoms with Crippen LogP contribution < -0.4 is 0 Å². The zero-order valence-corrected chi connectivity index (χ0v) is 28.0. The number of hydrogen-bond donors (Lipinski definition) is 3. The molecule has 9 nitrogen and oxygen atoms in total. The first-order valence-corrected chi connectivity index (χ1v) is 15.1. The summed E-state index contributed by atoms with van der Waals surface area (Å²) in [6.07, 6.45) is 15.1. The smallest absolute Gasteiger partial charge is 0.116 e. The molecule has 4 aromatic rings. The second kappa shape index (κ2) is 23.5. The Kier molecular flexibility index (Phi) is 20.5. The molecular formula is C35H52ClFN6O3. The normalized spacial score (nSPS) is 10.7. The van der Waals surface area contributed by atoms with E-state index in [1.807, 2.05) is 72.5 Å². The van der Waals surface area contributed by atoms with Crippen molar-refractivity contribution in [1.29, 1.82) is 0 Å². The molecule has 0 saturated carbocycles. The number of unbranched alkanes of at least 4 members (excludes halogenated alkanes) is 3. The summed E-state index contributed by atoms with van der Waals surface area (Å²) in [7, 11) is 2.72. The number of phenols is 1. The van der Waals surface area contributed by atoms with Crippen LogP contribution in [0.15, 0.2) is 59.0 Å². The quantitative estimate of drug-likeness (QED) is 0.0912. The van der Waals surface area contributed by atoms with E-state index in [-0.39, 0.29) is 14.0 Å². The van der Waals surface area contributed by atoms with Crippen molar-refractivity contribution in [3.05, 3.63) is 88.0 Å². The van der Waals surface area contributed by atoms with Crippen LogP contribution in [0, 0.1) is 27.7 Å². The number of alkyl halides is 2. The molecule has 0 spiro atoms. The summed E-state index contributed by atoms with van der Waals surface area (Å²) in [5.41, 5.74) is 8.97. The number of rotatable bonds is 10. The summed E-state index contributed by atoms with van der Waals surface area (Å²) >= 11 is 5.42. The van der Waals surface area contributed by atoms with Gasteiger partial charge in [0.1, 0.15) is 17.1 Å². The highest BCUT2D eigenvalue weighted by Gasteiger charge is 2.04. The molecule has 4 rings (SSSR count). The van der Waals surface area contributed by atoms with Gasteiger partial charge in [-0.15, -0.1) is 11.6 Å². The third-order valence-corrected chi connectivity index (χ3v) is 6.79. The van der Waals surface area contributed by atoms with E-state index in [1.165, 1.54) is 0 Å². The number of halogens is 2. The van der Waals surface area contributed by atoms with E-state index in [4.69, 9.17) is 23.2 Å². The fourth-order valence-electron chi connectivity index (χ4n) is 4.30. The number of aryl methyl sites for hydroxylation is 6. The van der Waals surface area contributed by atoms with Crippen LogP contribution in [-0.4, -0.2) is 67.0 Å². The van der Waals surface area contributed by atoms with Crippen molar-refractivity contribution in [3.8, 4) is 5.75 Å². The summed E-state index contributed by atoms with van der Waals surface area (Å²) in [6.45, 7) is 8.35. The van der Waals surface area contributed by atoms with Crippen LogP contribution >= 0.6 is 11.6 Å². The Hall–Kier alpha value is -3.86. The maximum atomic E-state index is 9.96. The van der Waals surface area contributed by atoms with Crippen molar-refractivity contribution in [3.63, 3.8) is 0 Å². The van der Waals surface area contributed by atoms with Gasteiger partial charge in [0.2, 0.25) is 0 Å². The number of benzene rings is 2. The van der Waals surface area contributed by atoms with Crippen molar-refractivity contribution in [2.75, 3.05) is 19.6 Å². The Labute approximate surface area is 280 Å². The fraction of sp³-hybridized carbons (Fsp3) is 0.429. The van der Waals surface area contributed by atoms with Gasteiger partial charge in [-0.05, 0) is 91.6 Å². The molecule has 2 aromatic carbocycles. The van der Waals surface area contributed by atoms with Crippen LogP contribution in [0.5, 0.6) is 5.75 Å². The van der Waals surface area contributed by atoms with Gasteiger partial charge >= 0.3 is 0 Å². The summed E-state index contributed by atoms with van der Waals surface area (Å²) in [4.78, 5) is 8.76. The van der Waals surface area contributed by atoms with Crippen LogP contribution in [-0.2, 0) is 20.7 Å².